The number of carbonyl (C=O) groups is 2. The number of halogens is 1. The Morgan fingerprint density at radius 1 is 0.956 bits per heavy atom. The van der Waals surface area contributed by atoms with Gasteiger partial charge in [-0.05, 0) is 53.3 Å². The minimum absolute atomic E-state index is 0.139. The Morgan fingerprint density at radius 2 is 1.60 bits per heavy atom. The Balaban J connectivity index is 1.30. The number of nitrogens with zero attached hydrogens (tertiary/aromatic N) is 3. The third-order valence-electron chi connectivity index (χ3n) is 8.38. The maximum atomic E-state index is 14.0. The second kappa shape index (κ2) is 14.2. The summed E-state index contributed by atoms with van der Waals surface area (Å²) in [6.07, 6.45) is 2.13. The molecule has 1 fully saturated rings. The lowest BCUT2D eigenvalue weighted by Crippen LogP contribution is -2.58. The summed E-state index contributed by atoms with van der Waals surface area (Å²) in [5, 5.41) is 7.00. The first-order chi connectivity index (χ1) is 21.5. The van der Waals surface area contributed by atoms with Crippen LogP contribution < -0.4 is 19.8 Å². The summed E-state index contributed by atoms with van der Waals surface area (Å²) in [4.78, 5) is 31.5. The molecule has 1 saturated heterocycles. The number of sulfonamides is 1. The lowest BCUT2D eigenvalue weighted by Gasteiger charge is -2.39. The van der Waals surface area contributed by atoms with Crippen LogP contribution in [0, 0.1) is 5.92 Å². The van der Waals surface area contributed by atoms with E-state index >= 15 is 0 Å². The number of piperazine rings is 1. The van der Waals surface area contributed by atoms with Crippen LogP contribution in [0.15, 0.2) is 72.8 Å². The van der Waals surface area contributed by atoms with Crippen LogP contribution in [0.4, 0.5) is 11.4 Å². The molecule has 3 aromatic rings. The molecule has 240 valence electrons. The summed E-state index contributed by atoms with van der Waals surface area (Å²) in [6, 6.07) is 21.8. The van der Waals surface area contributed by atoms with Gasteiger partial charge in [-0.15, -0.1) is 0 Å². The number of carbonyl (C=O) groups excluding carboxylic acids is 2. The number of hydrogen-bond donors (Lipinski definition) is 2. The van der Waals surface area contributed by atoms with Crippen molar-refractivity contribution in [1.82, 2.24) is 15.5 Å². The highest BCUT2D eigenvalue weighted by Crippen LogP contribution is 2.32. The first-order valence-corrected chi connectivity index (χ1v) is 17.7. The van der Waals surface area contributed by atoms with Crippen LogP contribution in [0.25, 0.3) is 0 Å². The summed E-state index contributed by atoms with van der Waals surface area (Å²) in [6.45, 7) is 6.91. The van der Waals surface area contributed by atoms with Crippen LogP contribution in [-0.4, -0.2) is 76.2 Å². The summed E-state index contributed by atoms with van der Waals surface area (Å²) < 4.78 is 27.0. The molecule has 5 rings (SSSR count). The van der Waals surface area contributed by atoms with E-state index < -0.39 is 22.1 Å². The van der Waals surface area contributed by atoms with Crippen LogP contribution in [-0.2, 0) is 39.0 Å². The second-order valence-electron chi connectivity index (χ2n) is 12.3. The molecule has 45 heavy (non-hydrogen) atoms. The summed E-state index contributed by atoms with van der Waals surface area (Å²) in [5.41, 5.74) is 4.68. The monoisotopic (exact) mass is 651 g/mol. The van der Waals surface area contributed by atoms with Gasteiger partial charge in [0.1, 0.15) is 6.04 Å². The van der Waals surface area contributed by atoms with Crippen molar-refractivity contribution in [1.29, 1.82) is 0 Å². The van der Waals surface area contributed by atoms with E-state index in [0.717, 1.165) is 16.8 Å². The molecule has 0 radical (unpaired) electrons. The average molecular weight is 652 g/mol. The molecule has 0 aliphatic carbocycles. The van der Waals surface area contributed by atoms with Gasteiger partial charge in [0.2, 0.25) is 21.8 Å². The Kier molecular flexibility index (Phi) is 10.4. The molecule has 2 aliphatic rings. The van der Waals surface area contributed by atoms with Crippen molar-refractivity contribution in [2.24, 2.45) is 5.92 Å². The van der Waals surface area contributed by atoms with Gasteiger partial charge >= 0.3 is 0 Å². The van der Waals surface area contributed by atoms with Crippen LogP contribution in [0.1, 0.15) is 30.5 Å². The Bertz CT molecular complexity index is 1610. The SMILES string of the molecule is CC(C)CN(c1ccccc1N1CCN(C(=O)[C@@H](Cc2ccc(Cl)cc2)NC(=O)[C@@H]2Cc3ccccc3CN2)CC1)S(C)(=O)=O. The number of amides is 2. The van der Waals surface area contributed by atoms with E-state index in [0.29, 0.717) is 62.8 Å². The topological polar surface area (TPSA) is 102 Å². The van der Waals surface area contributed by atoms with E-state index in [9.17, 15) is 18.0 Å². The van der Waals surface area contributed by atoms with E-state index in [2.05, 4.69) is 21.6 Å². The third-order valence-corrected chi connectivity index (χ3v) is 9.78. The van der Waals surface area contributed by atoms with Gasteiger partial charge in [0, 0.05) is 50.7 Å². The van der Waals surface area contributed by atoms with Gasteiger partial charge < -0.3 is 20.4 Å². The van der Waals surface area contributed by atoms with Gasteiger partial charge in [-0.25, -0.2) is 8.42 Å². The van der Waals surface area contributed by atoms with Crippen molar-refractivity contribution >= 4 is 44.8 Å². The third kappa shape index (κ3) is 8.17. The zero-order valence-corrected chi connectivity index (χ0v) is 27.7. The number of benzene rings is 3. The Morgan fingerprint density at radius 3 is 2.27 bits per heavy atom. The van der Waals surface area contributed by atoms with Gasteiger partial charge in [-0.2, -0.15) is 0 Å². The van der Waals surface area contributed by atoms with Crippen molar-refractivity contribution in [2.45, 2.75) is 45.3 Å². The highest BCUT2D eigenvalue weighted by atomic mass is 35.5. The Hall–Kier alpha value is -3.60. The number of anilines is 2. The largest absolute Gasteiger partial charge is 0.366 e. The molecule has 2 amide bonds. The van der Waals surface area contributed by atoms with Crippen molar-refractivity contribution in [3.63, 3.8) is 0 Å². The molecule has 0 bridgehead atoms. The molecule has 0 unspecified atom stereocenters. The number of rotatable bonds is 10. The fraction of sp³-hybridized carbons (Fsp3) is 0.412. The number of fused-ring (bicyclic) bond motifs is 1. The van der Waals surface area contributed by atoms with Gasteiger partial charge in [0.25, 0.3) is 0 Å². The van der Waals surface area contributed by atoms with Gasteiger partial charge in [-0.3, -0.25) is 13.9 Å². The molecule has 0 aromatic heterocycles. The molecule has 0 spiro atoms. The van der Waals surface area contributed by atoms with E-state index in [4.69, 9.17) is 11.6 Å². The van der Waals surface area contributed by atoms with Crippen LogP contribution in [0.5, 0.6) is 0 Å². The molecule has 9 nitrogen and oxygen atoms in total. The molecular formula is C34H42ClN5O4S. The standard InChI is InChI=1S/C34H42ClN5O4S/c1-24(2)23-40(45(3,43)44)32-11-7-6-10-31(32)38-16-18-39(19-17-38)34(42)30(20-25-12-14-28(35)15-13-25)37-33(41)29-21-26-8-4-5-9-27(26)22-36-29/h4-15,24,29-30,36H,16-23H2,1-3H3,(H,37,41)/t29-,30+/m0/s1. The number of hydrogen-bond acceptors (Lipinski definition) is 6. The van der Waals surface area contributed by atoms with Crippen molar-refractivity contribution in [2.75, 3.05) is 48.2 Å². The first kappa shape index (κ1) is 32.8. The smallest absolute Gasteiger partial charge is 0.245 e. The van der Waals surface area contributed by atoms with Crippen molar-refractivity contribution in [3.8, 4) is 0 Å². The van der Waals surface area contributed by atoms with Crippen LogP contribution in [0.2, 0.25) is 5.02 Å². The average Bonchev–Trinajstić information content (AvgIpc) is 3.03. The number of para-hydroxylation sites is 2. The predicted molar refractivity (Wildman–Crippen MR) is 180 cm³/mol. The second-order valence-corrected chi connectivity index (χ2v) is 14.6. The van der Waals surface area contributed by atoms with Gasteiger partial charge in [0.05, 0.1) is 23.7 Å². The molecule has 0 saturated carbocycles. The molecule has 3 aromatic carbocycles. The molecular weight excluding hydrogens is 610 g/mol. The summed E-state index contributed by atoms with van der Waals surface area (Å²) in [5.74, 6) is -0.191. The summed E-state index contributed by atoms with van der Waals surface area (Å²) in [7, 11) is -3.49. The minimum Gasteiger partial charge on any atom is -0.366 e. The quantitative estimate of drug-likeness (QED) is 0.345. The van der Waals surface area contributed by atoms with Crippen LogP contribution in [0.3, 0.4) is 0 Å². The molecule has 2 N–H and O–H groups in total. The lowest BCUT2D eigenvalue weighted by molar-refractivity contribution is -0.137. The highest BCUT2D eigenvalue weighted by Gasteiger charge is 2.33. The van der Waals surface area contributed by atoms with Crippen molar-refractivity contribution in [3.05, 3.63) is 94.5 Å². The minimum atomic E-state index is -3.49. The highest BCUT2D eigenvalue weighted by molar-refractivity contribution is 7.92. The fourth-order valence-corrected chi connectivity index (χ4v) is 7.25. The van der Waals surface area contributed by atoms with Gasteiger partial charge in [0.15, 0.2) is 0 Å². The zero-order chi connectivity index (χ0) is 32.1. The first-order valence-electron chi connectivity index (χ1n) is 15.4. The zero-order valence-electron chi connectivity index (χ0n) is 26.1. The fourth-order valence-electron chi connectivity index (χ4n) is 6.04. The van der Waals surface area contributed by atoms with Gasteiger partial charge in [-0.1, -0.05) is 74.0 Å². The van der Waals surface area contributed by atoms with E-state index in [1.54, 1.807) is 17.0 Å². The van der Waals surface area contributed by atoms with E-state index in [1.165, 1.54) is 16.1 Å². The Labute approximate surface area is 271 Å². The normalized spacial score (nSPS) is 17.5. The van der Waals surface area contributed by atoms with E-state index in [1.807, 2.05) is 68.4 Å². The molecule has 11 heteroatoms. The maximum Gasteiger partial charge on any atom is 0.245 e. The number of nitrogens with one attached hydrogen (secondary N) is 2. The van der Waals surface area contributed by atoms with E-state index in [-0.39, 0.29) is 17.7 Å². The lowest BCUT2D eigenvalue weighted by atomic mass is 9.95. The predicted octanol–water partition coefficient (Wildman–Crippen LogP) is 3.85. The van der Waals surface area contributed by atoms with Crippen molar-refractivity contribution < 1.29 is 18.0 Å². The molecule has 2 aliphatic heterocycles. The van der Waals surface area contributed by atoms with Crippen LogP contribution >= 0.6 is 11.6 Å². The molecule has 2 heterocycles. The summed E-state index contributed by atoms with van der Waals surface area (Å²) >= 11 is 6.11. The maximum absolute atomic E-state index is 14.0. The molecule has 2 atom stereocenters.